The van der Waals surface area contributed by atoms with Crippen molar-refractivity contribution in [1.82, 2.24) is 4.90 Å². The summed E-state index contributed by atoms with van der Waals surface area (Å²) < 4.78 is 13.5. The third-order valence-corrected chi connectivity index (χ3v) is 3.50. The Morgan fingerprint density at radius 1 is 1.42 bits per heavy atom. The van der Waals surface area contributed by atoms with Gasteiger partial charge in [0.2, 0.25) is 0 Å². The Hall–Kier alpha value is -0.840. The summed E-state index contributed by atoms with van der Waals surface area (Å²) in [6, 6.07) is 2.31. The van der Waals surface area contributed by atoms with Gasteiger partial charge in [0, 0.05) is 11.1 Å². The predicted molar refractivity (Wildman–Crippen MR) is 74.3 cm³/mol. The van der Waals surface area contributed by atoms with Gasteiger partial charge in [-0.15, -0.1) is 0 Å². The molecule has 0 aromatic heterocycles. The van der Waals surface area contributed by atoms with E-state index in [-0.39, 0.29) is 17.6 Å². The van der Waals surface area contributed by atoms with Gasteiger partial charge in [0.15, 0.2) is 0 Å². The first-order valence-corrected chi connectivity index (χ1v) is 6.72. The lowest BCUT2D eigenvalue weighted by atomic mass is 10.1. The van der Waals surface area contributed by atoms with Gasteiger partial charge >= 0.3 is 5.97 Å². The number of hydrogen-bond donors (Lipinski definition) is 1. The van der Waals surface area contributed by atoms with Crippen molar-refractivity contribution in [3.8, 4) is 0 Å². The fourth-order valence-electron chi connectivity index (χ4n) is 1.93. The molecule has 1 unspecified atom stereocenters. The maximum absolute atomic E-state index is 13.5. The van der Waals surface area contributed by atoms with Crippen molar-refractivity contribution in [2.45, 2.75) is 26.3 Å². The molecule has 106 valence electrons. The van der Waals surface area contributed by atoms with Crippen LogP contribution in [0.3, 0.4) is 0 Å². The summed E-state index contributed by atoms with van der Waals surface area (Å²) in [6.45, 7) is 4.22. The summed E-state index contributed by atoms with van der Waals surface area (Å²) in [5, 5.41) is 9.20. The lowest BCUT2D eigenvalue weighted by Crippen LogP contribution is -2.33. The Kier molecular flexibility index (Phi) is 6.04. The fourth-order valence-corrected chi connectivity index (χ4v) is 2.47. The molecule has 0 fully saturated rings. The first-order chi connectivity index (χ1) is 8.86. The van der Waals surface area contributed by atoms with Gasteiger partial charge in [-0.05, 0) is 37.6 Å². The molecule has 0 aliphatic heterocycles. The molecule has 3 nitrogen and oxygen atoms in total. The molecule has 1 aromatic carbocycles. The molecule has 0 saturated heterocycles. The number of carboxylic acid groups (broad SMARTS) is 1. The van der Waals surface area contributed by atoms with Gasteiger partial charge in [-0.25, -0.2) is 4.39 Å². The highest BCUT2D eigenvalue weighted by Crippen LogP contribution is 2.31. The van der Waals surface area contributed by atoms with E-state index in [1.165, 1.54) is 12.1 Å². The van der Waals surface area contributed by atoms with Crippen LogP contribution in [0.4, 0.5) is 4.39 Å². The number of rotatable bonds is 6. The molecule has 6 heteroatoms. The van der Waals surface area contributed by atoms with Gasteiger partial charge in [-0.3, -0.25) is 9.69 Å². The Balaban J connectivity index is 3.04. The van der Waals surface area contributed by atoms with Crippen LogP contribution in [0.2, 0.25) is 10.0 Å². The van der Waals surface area contributed by atoms with Gasteiger partial charge in [-0.1, -0.05) is 30.1 Å². The monoisotopic (exact) mass is 307 g/mol. The Morgan fingerprint density at radius 3 is 2.58 bits per heavy atom. The number of halogens is 3. The van der Waals surface area contributed by atoms with Gasteiger partial charge < -0.3 is 5.11 Å². The van der Waals surface area contributed by atoms with Crippen molar-refractivity contribution < 1.29 is 14.3 Å². The van der Waals surface area contributed by atoms with Crippen molar-refractivity contribution in [3.63, 3.8) is 0 Å². The third-order valence-electron chi connectivity index (χ3n) is 2.89. The van der Waals surface area contributed by atoms with Crippen molar-refractivity contribution in [2.24, 2.45) is 0 Å². The van der Waals surface area contributed by atoms with Crippen LogP contribution in [-0.4, -0.2) is 29.1 Å². The van der Waals surface area contributed by atoms with Crippen molar-refractivity contribution in [1.29, 1.82) is 0 Å². The first kappa shape index (κ1) is 16.2. The molecule has 1 atom stereocenters. The topological polar surface area (TPSA) is 40.5 Å². The lowest BCUT2D eigenvalue weighted by Gasteiger charge is -2.28. The number of hydrogen-bond acceptors (Lipinski definition) is 2. The molecule has 0 saturated carbocycles. The quantitative estimate of drug-likeness (QED) is 0.808. The molecular formula is C13H16Cl2FNO2. The molecule has 0 spiro atoms. The zero-order chi connectivity index (χ0) is 14.6. The van der Waals surface area contributed by atoms with Crippen LogP contribution in [0.1, 0.15) is 31.9 Å². The Labute approximate surface area is 121 Å². The number of carboxylic acids is 1. The van der Waals surface area contributed by atoms with E-state index < -0.39 is 11.8 Å². The normalized spacial score (nSPS) is 12.7. The maximum atomic E-state index is 13.5. The molecule has 0 aliphatic carbocycles. The van der Waals surface area contributed by atoms with E-state index in [0.29, 0.717) is 17.1 Å². The van der Waals surface area contributed by atoms with Gasteiger partial charge in [-0.2, -0.15) is 0 Å². The lowest BCUT2D eigenvalue weighted by molar-refractivity contribution is -0.138. The van der Waals surface area contributed by atoms with Crippen LogP contribution in [0.5, 0.6) is 0 Å². The van der Waals surface area contributed by atoms with E-state index in [4.69, 9.17) is 28.3 Å². The molecule has 1 aromatic rings. The van der Waals surface area contributed by atoms with Crippen LogP contribution in [-0.2, 0) is 4.79 Å². The number of carbonyl (C=O) groups is 1. The Bertz CT molecular complexity index is 468. The summed E-state index contributed by atoms with van der Waals surface area (Å²) in [5.74, 6) is -1.48. The fraction of sp³-hybridized carbons (Fsp3) is 0.462. The average molecular weight is 308 g/mol. The van der Waals surface area contributed by atoms with Gasteiger partial charge in [0.1, 0.15) is 5.82 Å². The minimum absolute atomic E-state index is 0.0405. The van der Waals surface area contributed by atoms with Gasteiger partial charge in [0.25, 0.3) is 0 Å². The largest absolute Gasteiger partial charge is 0.480 e. The second-order valence-corrected chi connectivity index (χ2v) is 5.14. The molecule has 19 heavy (non-hydrogen) atoms. The van der Waals surface area contributed by atoms with Crippen LogP contribution in [0, 0.1) is 5.82 Å². The highest BCUT2D eigenvalue weighted by Gasteiger charge is 2.21. The zero-order valence-corrected chi connectivity index (χ0v) is 12.3. The minimum Gasteiger partial charge on any atom is -0.480 e. The van der Waals surface area contributed by atoms with Crippen LogP contribution < -0.4 is 0 Å². The van der Waals surface area contributed by atoms with E-state index in [9.17, 15) is 9.18 Å². The number of benzene rings is 1. The van der Waals surface area contributed by atoms with E-state index in [1.807, 2.05) is 6.92 Å². The highest BCUT2D eigenvalue weighted by atomic mass is 35.5. The smallest absolute Gasteiger partial charge is 0.317 e. The second kappa shape index (κ2) is 7.08. The molecule has 1 rings (SSSR count). The first-order valence-electron chi connectivity index (χ1n) is 5.97. The van der Waals surface area contributed by atoms with E-state index in [0.717, 1.165) is 6.42 Å². The number of aliphatic carboxylic acids is 1. The predicted octanol–water partition coefficient (Wildman–Crippen LogP) is 3.99. The minimum atomic E-state index is -0.925. The Morgan fingerprint density at radius 2 is 2.05 bits per heavy atom. The van der Waals surface area contributed by atoms with Crippen LogP contribution in [0.25, 0.3) is 0 Å². The number of nitrogens with zero attached hydrogens (tertiary/aromatic N) is 1. The maximum Gasteiger partial charge on any atom is 0.317 e. The molecule has 1 N–H and O–H groups in total. The molecule has 0 amide bonds. The molecule has 0 heterocycles. The molecule has 0 radical (unpaired) electrons. The third kappa shape index (κ3) is 4.34. The van der Waals surface area contributed by atoms with E-state index in [1.54, 1.807) is 11.8 Å². The zero-order valence-electron chi connectivity index (χ0n) is 10.8. The standard InChI is InChI=1S/C13H16Cl2FNO2/c1-3-4-17(7-13(18)19)8(2)9-5-12(16)11(15)6-10(9)14/h5-6,8H,3-4,7H2,1-2H3,(H,18,19). The average Bonchev–Trinajstić information content (AvgIpc) is 2.32. The van der Waals surface area contributed by atoms with Gasteiger partial charge in [0.05, 0.1) is 11.6 Å². The summed E-state index contributed by atoms with van der Waals surface area (Å²) in [4.78, 5) is 12.6. The van der Waals surface area contributed by atoms with E-state index >= 15 is 0 Å². The highest BCUT2D eigenvalue weighted by molar-refractivity contribution is 6.35. The van der Waals surface area contributed by atoms with E-state index in [2.05, 4.69) is 0 Å². The SMILES string of the molecule is CCCN(CC(=O)O)C(C)c1cc(F)c(Cl)cc1Cl. The molecular weight excluding hydrogens is 292 g/mol. The summed E-state index contributed by atoms with van der Waals surface area (Å²) in [7, 11) is 0. The van der Waals surface area contributed by atoms with Crippen molar-refractivity contribution in [2.75, 3.05) is 13.1 Å². The summed E-state index contributed by atoms with van der Waals surface area (Å²) in [6.07, 6.45) is 0.797. The van der Waals surface area contributed by atoms with Crippen LogP contribution in [0.15, 0.2) is 12.1 Å². The van der Waals surface area contributed by atoms with Crippen molar-refractivity contribution in [3.05, 3.63) is 33.6 Å². The summed E-state index contributed by atoms with van der Waals surface area (Å²) in [5.41, 5.74) is 0.540. The van der Waals surface area contributed by atoms with Crippen LogP contribution >= 0.6 is 23.2 Å². The van der Waals surface area contributed by atoms with Crippen molar-refractivity contribution >= 4 is 29.2 Å². The molecule has 0 aliphatic rings. The second-order valence-electron chi connectivity index (χ2n) is 4.33. The summed E-state index contributed by atoms with van der Waals surface area (Å²) >= 11 is 11.7. The molecule has 0 bridgehead atoms.